The molecule has 7 rings (SSSR count). The maximum Gasteiger partial charge on any atom is 0.296 e. The minimum Gasteiger partial charge on any atom is -0.350 e. The normalized spacial score (nSPS) is 22.3. The molecule has 0 atom stereocenters. The van der Waals surface area contributed by atoms with Gasteiger partial charge in [-0.1, -0.05) is 48.1 Å². The molecule has 4 heterocycles. The molecule has 2 amide bonds. The smallest absolute Gasteiger partial charge is 0.296 e. The first kappa shape index (κ1) is 25.7. The molecule has 210 valence electrons. The van der Waals surface area contributed by atoms with Crippen molar-refractivity contribution in [2.75, 3.05) is 31.5 Å². The van der Waals surface area contributed by atoms with Crippen LogP contribution in [0.2, 0.25) is 0 Å². The number of amides is 2. The summed E-state index contributed by atoms with van der Waals surface area (Å²) in [5.41, 5.74) is 4.70. The lowest BCUT2D eigenvalue weighted by Crippen LogP contribution is -2.42. The Morgan fingerprint density at radius 3 is 2.66 bits per heavy atom. The molecule has 1 spiro atoms. The van der Waals surface area contributed by atoms with Crippen LogP contribution in [0.15, 0.2) is 71.8 Å². The van der Waals surface area contributed by atoms with E-state index >= 15 is 0 Å². The fourth-order valence-electron chi connectivity index (χ4n) is 6.90. The molecule has 2 saturated heterocycles. The van der Waals surface area contributed by atoms with E-state index in [-0.39, 0.29) is 29.0 Å². The fraction of sp³-hybridized carbons (Fsp3) is 0.375. The summed E-state index contributed by atoms with van der Waals surface area (Å²) in [6.07, 6.45) is 6.74. The first-order valence-corrected chi connectivity index (χ1v) is 14.5. The van der Waals surface area contributed by atoms with Gasteiger partial charge in [0.05, 0.1) is 11.0 Å². The van der Waals surface area contributed by atoms with Crippen LogP contribution in [0.25, 0.3) is 22.3 Å². The first-order valence-electron chi connectivity index (χ1n) is 14.5. The number of carbonyl (C=O) groups is 2. The third-order valence-corrected chi connectivity index (χ3v) is 9.01. The number of imidazole rings is 1. The van der Waals surface area contributed by atoms with Gasteiger partial charge in [0.25, 0.3) is 5.91 Å². The molecule has 1 N–H and O–H groups in total. The van der Waals surface area contributed by atoms with Gasteiger partial charge in [-0.05, 0) is 74.4 Å². The van der Waals surface area contributed by atoms with Crippen LogP contribution < -0.4 is 5.32 Å². The van der Waals surface area contributed by atoms with Crippen LogP contribution in [0.5, 0.6) is 0 Å². The van der Waals surface area contributed by atoms with E-state index in [1.54, 1.807) is 6.07 Å². The van der Waals surface area contributed by atoms with Crippen molar-refractivity contribution < 1.29 is 14.1 Å². The van der Waals surface area contributed by atoms with Gasteiger partial charge in [-0.2, -0.15) is 0 Å². The van der Waals surface area contributed by atoms with E-state index in [9.17, 15) is 9.59 Å². The Morgan fingerprint density at radius 1 is 1.07 bits per heavy atom. The van der Waals surface area contributed by atoms with E-state index in [2.05, 4.69) is 44.7 Å². The van der Waals surface area contributed by atoms with Crippen LogP contribution in [0.4, 0.5) is 5.95 Å². The quantitative estimate of drug-likeness (QED) is 0.315. The molecule has 9 nitrogen and oxygen atoms in total. The first-order chi connectivity index (χ1) is 20.0. The number of nitrogens with one attached hydrogen (secondary N) is 1. The molecule has 3 fully saturated rings. The molecular formula is C32H34N6O3. The highest BCUT2D eigenvalue weighted by molar-refractivity contribution is 6.02. The van der Waals surface area contributed by atoms with Crippen LogP contribution in [0.1, 0.15) is 54.3 Å². The molecule has 2 aliphatic heterocycles. The van der Waals surface area contributed by atoms with Crippen LogP contribution in [-0.4, -0.2) is 62.5 Å². The van der Waals surface area contributed by atoms with Gasteiger partial charge in [-0.3, -0.25) is 19.8 Å². The number of benzene rings is 2. The van der Waals surface area contributed by atoms with Crippen molar-refractivity contribution in [3.05, 3.63) is 78.6 Å². The third kappa shape index (κ3) is 4.84. The number of hydrogen-bond donors (Lipinski definition) is 1. The van der Waals surface area contributed by atoms with Gasteiger partial charge in [-0.25, -0.2) is 4.98 Å². The molecular weight excluding hydrogens is 516 g/mol. The average Bonchev–Trinajstić information content (AvgIpc) is 3.78. The molecule has 9 heteroatoms. The van der Waals surface area contributed by atoms with Crippen LogP contribution in [-0.2, 0) is 11.3 Å². The van der Waals surface area contributed by atoms with Crippen molar-refractivity contribution in [3.8, 4) is 11.3 Å². The molecule has 0 bridgehead atoms. The van der Waals surface area contributed by atoms with Crippen molar-refractivity contribution in [1.29, 1.82) is 0 Å². The highest BCUT2D eigenvalue weighted by Crippen LogP contribution is 2.55. The molecule has 41 heavy (non-hydrogen) atoms. The highest BCUT2D eigenvalue weighted by Gasteiger charge is 2.50. The lowest BCUT2D eigenvalue weighted by atomic mass is 9.64. The van der Waals surface area contributed by atoms with Crippen molar-refractivity contribution >= 4 is 28.8 Å². The summed E-state index contributed by atoms with van der Waals surface area (Å²) in [6.45, 7) is 8.34. The Morgan fingerprint density at radius 2 is 1.88 bits per heavy atom. The number of fused-ring (bicyclic) bond motifs is 1. The van der Waals surface area contributed by atoms with E-state index in [1.165, 1.54) is 24.5 Å². The number of anilines is 1. The van der Waals surface area contributed by atoms with E-state index in [0.717, 1.165) is 68.6 Å². The fourth-order valence-corrected chi connectivity index (χ4v) is 6.90. The molecule has 2 aromatic carbocycles. The van der Waals surface area contributed by atoms with Crippen molar-refractivity contribution in [1.82, 2.24) is 24.5 Å². The van der Waals surface area contributed by atoms with Crippen molar-refractivity contribution in [2.45, 2.75) is 44.7 Å². The lowest BCUT2D eigenvalue weighted by molar-refractivity contribution is -0.125. The zero-order valence-corrected chi connectivity index (χ0v) is 23.1. The van der Waals surface area contributed by atoms with Gasteiger partial charge in [0, 0.05) is 37.3 Å². The second-order valence-electron chi connectivity index (χ2n) is 11.8. The molecule has 3 aliphatic rings. The molecule has 0 radical (unpaired) electrons. The maximum atomic E-state index is 13.4. The summed E-state index contributed by atoms with van der Waals surface area (Å²) in [6, 6.07) is 17.9. The van der Waals surface area contributed by atoms with E-state index < -0.39 is 0 Å². The molecule has 2 aromatic heterocycles. The number of aromatic nitrogens is 3. The summed E-state index contributed by atoms with van der Waals surface area (Å²) < 4.78 is 7.60. The largest absolute Gasteiger partial charge is 0.350 e. The van der Waals surface area contributed by atoms with Crippen molar-refractivity contribution in [2.24, 2.45) is 5.41 Å². The van der Waals surface area contributed by atoms with Crippen LogP contribution >= 0.6 is 0 Å². The molecule has 4 aromatic rings. The molecule has 0 unspecified atom stereocenters. The monoisotopic (exact) mass is 550 g/mol. The molecule has 1 saturated carbocycles. The number of carbonyl (C=O) groups excluding carboxylic acids is 2. The zero-order valence-electron chi connectivity index (χ0n) is 23.1. The van der Waals surface area contributed by atoms with E-state index in [1.807, 2.05) is 35.2 Å². The maximum absolute atomic E-state index is 13.4. The Balaban J connectivity index is 1.16. The third-order valence-electron chi connectivity index (χ3n) is 9.01. The van der Waals surface area contributed by atoms with Gasteiger partial charge >= 0.3 is 0 Å². The Kier molecular flexibility index (Phi) is 6.46. The van der Waals surface area contributed by atoms with E-state index in [4.69, 9.17) is 9.51 Å². The van der Waals surface area contributed by atoms with Crippen molar-refractivity contribution in [3.63, 3.8) is 0 Å². The SMILES string of the molecule is C=CC(=O)N1CC[C@]2(C1)C[C@H](n1c(NC(=O)c3cc(-c4ccccc4)no3)nc3cc(CN4CCCC4)ccc31)C2. The topological polar surface area (TPSA) is 96.5 Å². The predicted octanol–water partition coefficient (Wildman–Crippen LogP) is 5.28. The summed E-state index contributed by atoms with van der Waals surface area (Å²) in [7, 11) is 0. The summed E-state index contributed by atoms with van der Waals surface area (Å²) in [5, 5.41) is 7.14. The minimum absolute atomic E-state index is 0.00109. The number of hydrogen-bond acceptors (Lipinski definition) is 6. The Labute approximate surface area is 238 Å². The van der Waals surface area contributed by atoms with Gasteiger partial charge < -0.3 is 14.0 Å². The number of likely N-dealkylation sites (tertiary alicyclic amines) is 2. The van der Waals surface area contributed by atoms with Gasteiger partial charge in [0.15, 0.2) is 0 Å². The van der Waals surface area contributed by atoms with Crippen LogP contribution in [0.3, 0.4) is 0 Å². The predicted molar refractivity (Wildman–Crippen MR) is 156 cm³/mol. The Hall–Kier alpha value is -4.24. The number of nitrogens with zero attached hydrogens (tertiary/aromatic N) is 5. The lowest BCUT2D eigenvalue weighted by Gasteiger charge is -2.46. The van der Waals surface area contributed by atoms with E-state index in [0.29, 0.717) is 11.6 Å². The standard InChI is InChI=1S/C32H34N6O3/c1-2-29(39)37-15-12-32(21-37)18-24(19-32)38-27-11-10-22(20-36-13-6-7-14-36)16-26(27)33-31(38)34-30(40)28-17-25(35-41-28)23-8-4-3-5-9-23/h2-5,8-11,16-17,24H,1,6-7,12-15,18-21H2,(H,33,34,40)/t24-,32-. The minimum atomic E-state index is -0.383. The summed E-state index contributed by atoms with van der Waals surface area (Å²) in [4.78, 5) is 34.9. The molecule has 1 aliphatic carbocycles. The average molecular weight is 551 g/mol. The highest BCUT2D eigenvalue weighted by atomic mass is 16.5. The van der Waals surface area contributed by atoms with Gasteiger partial charge in [0.2, 0.25) is 17.6 Å². The number of rotatable bonds is 7. The second-order valence-corrected chi connectivity index (χ2v) is 11.8. The van der Waals surface area contributed by atoms with Crippen LogP contribution in [0, 0.1) is 5.41 Å². The van der Waals surface area contributed by atoms with Gasteiger partial charge in [-0.15, -0.1) is 0 Å². The summed E-state index contributed by atoms with van der Waals surface area (Å²) in [5.74, 6) is 0.263. The van der Waals surface area contributed by atoms with Gasteiger partial charge in [0.1, 0.15) is 5.69 Å². The summed E-state index contributed by atoms with van der Waals surface area (Å²) >= 11 is 0. The second kappa shape index (κ2) is 10.3. The Bertz CT molecular complexity index is 1610. The zero-order chi connectivity index (χ0) is 28.0.